The second-order valence-electron chi connectivity index (χ2n) is 9.17. The Kier molecular flexibility index (Phi) is 15.6. The summed E-state index contributed by atoms with van der Waals surface area (Å²) in [5.74, 6) is -0.627. The molecule has 0 aromatic heterocycles. The zero-order valence-corrected chi connectivity index (χ0v) is 21.3. The number of rotatable bonds is 16. The van der Waals surface area contributed by atoms with Gasteiger partial charge in [-0.1, -0.05) is 54.4 Å². The van der Waals surface area contributed by atoms with E-state index in [1.54, 1.807) is 13.0 Å². The lowest BCUT2D eigenvalue weighted by Gasteiger charge is -2.26. The lowest BCUT2D eigenvalue weighted by molar-refractivity contribution is -0.254. The zero-order valence-electron chi connectivity index (χ0n) is 21.3. The molecule has 1 unspecified atom stereocenters. The highest BCUT2D eigenvalue weighted by Gasteiger charge is 2.33. The van der Waals surface area contributed by atoms with E-state index in [1.807, 2.05) is 13.0 Å². The molecular formula is C27H45F3O2. The van der Waals surface area contributed by atoms with E-state index in [9.17, 15) is 13.2 Å². The molecule has 0 aromatic rings. The first kappa shape index (κ1) is 30.7. The second-order valence-corrected chi connectivity index (χ2v) is 9.17. The number of allylic oxidation sites excluding steroid dienone is 7. The first-order valence-electron chi connectivity index (χ1n) is 11.9. The third-order valence-corrected chi connectivity index (χ3v) is 5.24. The van der Waals surface area contributed by atoms with Gasteiger partial charge in [0.1, 0.15) is 6.61 Å². The molecule has 0 aliphatic heterocycles. The Morgan fingerprint density at radius 2 is 1.59 bits per heavy atom. The van der Waals surface area contributed by atoms with Crippen LogP contribution in [0.3, 0.4) is 0 Å². The van der Waals surface area contributed by atoms with Crippen LogP contribution in [0.15, 0.2) is 47.1 Å². The largest absolute Gasteiger partial charge is 0.411 e. The van der Waals surface area contributed by atoms with Crippen molar-refractivity contribution in [3.05, 3.63) is 47.1 Å². The molecule has 186 valence electrons. The fourth-order valence-corrected chi connectivity index (χ4v) is 3.30. The van der Waals surface area contributed by atoms with Gasteiger partial charge in [0.2, 0.25) is 0 Å². The van der Waals surface area contributed by atoms with Crippen LogP contribution in [0.1, 0.15) is 93.4 Å². The van der Waals surface area contributed by atoms with Gasteiger partial charge in [-0.15, -0.1) is 0 Å². The first-order chi connectivity index (χ1) is 14.9. The molecule has 32 heavy (non-hydrogen) atoms. The van der Waals surface area contributed by atoms with Crippen LogP contribution in [0.2, 0.25) is 0 Å². The summed E-state index contributed by atoms with van der Waals surface area (Å²) in [5.41, 5.74) is 3.98. The van der Waals surface area contributed by atoms with Crippen LogP contribution in [-0.4, -0.2) is 25.2 Å². The average molecular weight is 459 g/mol. The van der Waals surface area contributed by atoms with Gasteiger partial charge in [-0.05, 0) is 92.1 Å². The van der Waals surface area contributed by atoms with Crippen LogP contribution in [-0.2, 0) is 9.47 Å². The topological polar surface area (TPSA) is 18.5 Å². The smallest absolute Gasteiger partial charge is 0.347 e. The summed E-state index contributed by atoms with van der Waals surface area (Å²) in [6.45, 7) is 13.0. The Balaban J connectivity index is 4.38. The van der Waals surface area contributed by atoms with Crippen LogP contribution < -0.4 is 0 Å². The maximum absolute atomic E-state index is 12.4. The molecule has 0 N–H and O–H groups in total. The van der Waals surface area contributed by atoms with Crippen molar-refractivity contribution in [3.8, 4) is 0 Å². The number of hydrogen-bond acceptors (Lipinski definition) is 2. The normalized spacial score (nSPS) is 16.3. The Bertz CT molecular complexity index is 625. The van der Waals surface area contributed by atoms with Crippen LogP contribution in [0.4, 0.5) is 13.2 Å². The van der Waals surface area contributed by atoms with Gasteiger partial charge in [-0.2, -0.15) is 13.2 Å². The molecule has 0 saturated carbocycles. The van der Waals surface area contributed by atoms with E-state index < -0.39 is 18.6 Å². The van der Waals surface area contributed by atoms with E-state index in [1.165, 1.54) is 49.8 Å². The molecule has 0 fully saturated rings. The van der Waals surface area contributed by atoms with Crippen LogP contribution in [0.25, 0.3) is 0 Å². The van der Waals surface area contributed by atoms with E-state index in [0.29, 0.717) is 0 Å². The van der Waals surface area contributed by atoms with Gasteiger partial charge in [0.05, 0.1) is 0 Å². The van der Waals surface area contributed by atoms with Crippen molar-refractivity contribution in [1.29, 1.82) is 0 Å². The van der Waals surface area contributed by atoms with Gasteiger partial charge in [0, 0.05) is 6.61 Å². The summed E-state index contributed by atoms with van der Waals surface area (Å²) in [5, 5.41) is 0. The molecule has 2 nitrogen and oxygen atoms in total. The van der Waals surface area contributed by atoms with Gasteiger partial charge in [0.15, 0.2) is 5.79 Å². The fourth-order valence-electron chi connectivity index (χ4n) is 3.30. The average Bonchev–Trinajstić information content (AvgIpc) is 2.66. The van der Waals surface area contributed by atoms with E-state index in [-0.39, 0.29) is 6.61 Å². The Hall–Kier alpha value is -1.33. The lowest BCUT2D eigenvalue weighted by atomic mass is 9.96. The SMILES string of the molecule is CCOC(C)(C=CC=C(C)CCC=C(C)CCC[C@H](C)CCC=C(C)C)OCC(F)(F)F. The van der Waals surface area contributed by atoms with Gasteiger partial charge in [-0.3, -0.25) is 0 Å². The Morgan fingerprint density at radius 3 is 2.19 bits per heavy atom. The lowest BCUT2D eigenvalue weighted by Crippen LogP contribution is -2.34. The van der Waals surface area contributed by atoms with Gasteiger partial charge >= 0.3 is 6.18 Å². The van der Waals surface area contributed by atoms with Crippen molar-refractivity contribution in [2.45, 2.75) is 105 Å². The monoisotopic (exact) mass is 458 g/mol. The highest BCUT2D eigenvalue weighted by Crippen LogP contribution is 2.22. The van der Waals surface area contributed by atoms with Crippen molar-refractivity contribution in [2.24, 2.45) is 5.92 Å². The second kappa shape index (κ2) is 16.3. The molecule has 0 spiro atoms. The molecular weight excluding hydrogens is 413 g/mol. The van der Waals surface area contributed by atoms with E-state index in [2.05, 4.69) is 39.8 Å². The minimum absolute atomic E-state index is 0.264. The zero-order chi connectivity index (χ0) is 24.6. The van der Waals surface area contributed by atoms with Crippen molar-refractivity contribution in [2.75, 3.05) is 13.2 Å². The minimum atomic E-state index is -4.38. The van der Waals surface area contributed by atoms with E-state index in [0.717, 1.165) is 30.8 Å². The molecule has 2 atom stereocenters. The van der Waals surface area contributed by atoms with E-state index >= 15 is 0 Å². The number of halogens is 3. The Labute approximate surface area is 194 Å². The fraction of sp³-hybridized carbons (Fsp3) is 0.704. The maximum atomic E-state index is 12.4. The predicted octanol–water partition coefficient (Wildman–Crippen LogP) is 9.10. The molecule has 0 radical (unpaired) electrons. The summed E-state index contributed by atoms with van der Waals surface area (Å²) in [6, 6.07) is 0. The summed E-state index contributed by atoms with van der Waals surface area (Å²) < 4.78 is 47.6. The molecule has 0 heterocycles. The summed E-state index contributed by atoms with van der Waals surface area (Å²) in [7, 11) is 0. The van der Waals surface area contributed by atoms with Crippen LogP contribution in [0, 0.1) is 5.92 Å². The van der Waals surface area contributed by atoms with E-state index in [4.69, 9.17) is 9.47 Å². The van der Waals surface area contributed by atoms with Crippen LogP contribution >= 0.6 is 0 Å². The summed E-state index contributed by atoms with van der Waals surface area (Å²) in [4.78, 5) is 0. The van der Waals surface area contributed by atoms with Gasteiger partial charge < -0.3 is 9.47 Å². The molecule has 0 aliphatic carbocycles. The third kappa shape index (κ3) is 18.3. The molecule has 0 rings (SSSR count). The van der Waals surface area contributed by atoms with Crippen molar-refractivity contribution < 1.29 is 22.6 Å². The van der Waals surface area contributed by atoms with Gasteiger partial charge in [0.25, 0.3) is 0 Å². The number of alkyl halides is 3. The molecule has 0 aliphatic rings. The van der Waals surface area contributed by atoms with Gasteiger partial charge in [-0.25, -0.2) is 0 Å². The predicted molar refractivity (Wildman–Crippen MR) is 130 cm³/mol. The quantitative estimate of drug-likeness (QED) is 0.130. The molecule has 5 heteroatoms. The molecule has 0 saturated heterocycles. The highest BCUT2D eigenvalue weighted by molar-refractivity contribution is 5.14. The summed E-state index contributed by atoms with van der Waals surface area (Å²) in [6.07, 6.45) is 13.3. The maximum Gasteiger partial charge on any atom is 0.411 e. The van der Waals surface area contributed by atoms with Crippen molar-refractivity contribution >= 4 is 0 Å². The first-order valence-corrected chi connectivity index (χ1v) is 11.9. The minimum Gasteiger partial charge on any atom is -0.347 e. The Morgan fingerprint density at radius 1 is 0.906 bits per heavy atom. The standard InChI is InChI=1S/C27H45F3O2/c1-8-31-26(7,32-21-27(28,29)30)20-12-19-25(6)18-11-17-24(5)16-10-15-23(4)14-9-13-22(2)3/h12-13,17,19-20,23H,8-11,14-16,18,21H2,1-7H3/t23-,26?/m1/s1. The van der Waals surface area contributed by atoms with Crippen LogP contribution in [0.5, 0.6) is 0 Å². The molecule has 0 bridgehead atoms. The number of hydrogen-bond donors (Lipinski definition) is 0. The third-order valence-electron chi connectivity index (χ3n) is 5.24. The van der Waals surface area contributed by atoms with Crippen molar-refractivity contribution in [1.82, 2.24) is 0 Å². The number of ether oxygens (including phenoxy) is 2. The highest BCUT2D eigenvalue weighted by atomic mass is 19.4. The molecule has 0 amide bonds. The van der Waals surface area contributed by atoms with Crippen molar-refractivity contribution in [3.63, 3.8) is 0 Å². The molecule has 0 aromatic carbocycles. The summed E-state index contributed by atoms with van der Waals surface area (Å²) >= 11 is 0.